The largest absolute Gasteiger partial charge is 0.491 e. The van der Waals surface area contributed by atoms with Gasteiger partial charge >= 0.3 is 0 Å². The number of rotatable bonds is 8. The van der Waals surface area contributed by atoms with Crippen molar-refractivity contribution in [2.45, 2.75) is 19.9 Å². The van der Waals surface area contributed by atoms with Crippen LogP contribution in [0.4, 0.5) is 5.69 Å². The standard InChI is InChI=1S/C21H25N3O4S/c1-14(2)22-20(26)17-6-4-5-7-18(17)23-21(29)24-19(25)15-8-10-16(11-9-15)28-13-12-27-3/h4-11,14H,12-13H2,1-3H3,(H,22,26)(H2,23,24,25,29). The highest BCUT2D eigenvalue weighted by atomic mass is 32.1. The lowest BCUT2D eigenvalue weighted by atomic mass is 10.1. The lowest BCUT2D eigenvalue weighted by molar-refractivity contribution is 0.0942. The van der Waals surface area contributed by atoms with Gasteiger partial charge in [-0.25, -0.2) is 0 Å². The van der Waals surface area contributed by atoms with Crippen LogP contribution in [0.5, 0.6) is 5.75 Å². The Morgan fingerprint density at radius 1 is 1.00 bits per heavy atom. The quantitative estimate of drug-likeness (QED) is 0.454. The molecule has 8 heteroatoms. The van der Waals surface area contributed by atoms with Gasteiger partial charge in [0, 0.05) is 18.7 Å². The third-order valence-electron chi connectivity index (χ3n) is 3.74. The van der Waals surface area contributed by atoms with Crippen LogP contribution in [-0.4, -0.2) is 43.3 Å². The second kappa shape index (κ2) is 11.1. The van der Waals surface area contributed by atoms with Gasteiger partial charge in [0.1, 0.15) is 12.4 Å². The average molecular weight is 416 g/mol. The van der Waals surface area contributed by atoms with Gasteiger partial charge in [-0.15, -0.1) is 0 Å². The molecule has 0 spiro atoms. The van der Waals surface area contributed by atoms with Crippen LogP contribution in [0.25, 0.3) is 0 Å². The highest BCUT2D eigenvalue weighted by Crippen LogP contribution is 2.16. The van der Waals surface area contributed by atoms with Crippen LogP contribution in [0, 0.1) is 0 Å². The number of nitrogens with one attached hydrogen (secondary N) is 3. The molecule has 0 aromatic heterocycles. The molecule has 0 saturated carbocycles. The maximum atomic E-state index is 12.4. The van der Waals surface area contributed by atoms with E-state index in [-0.39, 0.29) is 23.0 Å². The molecule has 7 nitrogen and oxygen atoms in total. The molecule has 0 aliphatic carbocycles. The third kappa shape index (κ3) is 7.17. The molecular formula is C21H25N3O4S. The summed E-state index contributed by atoms with van der Waals surface area (Å²) in [5.41, 5.74) is 1.38. The Bertz CT molecular complexity index is 853. The van der Waals surface area contributed by atoms with Gasteiger partial charge in [-0.3, -0.25) is 14.9 Å². The van der Waals surface area contributed by atoms with Crippen molar-refractivity contribution in [1.29, 1.82) is 0 Å². The summed E-state index contributed by atoms with van der Waals surface area (Å²) in [6.45, 7) is 4.68. The van der Waals surface area contributed by atoms with Gasteiger partial charge in [-0.05, 0) is 62.5 Å². The molecule has 2 amide bonds. The molecule has 0 fully saturated rings. The molecule has 0 atom stereocenters. The zero-order chi connectivity index (χ0) is 21.2. The first kappa shape index (κ1) is 22.3. The monoisotopic (exact) mass is 415 g/mol. The first-order valence-corrected chi connectivity index (χ1v) is 9.55. The molecule has 3 N–H and O–H groups in total. The molecule has 154 valence electrons. The van der Waals surface area contributed by atoms with E-state index >= 15 is 0 Å². The Morgan fingerprint density at radius 2 is 1.69 bits per heavy atom. The molecule has 2 aromatic rings. The fourth-order valence-corrected chi connectivity index (χ4v) is 2.61. The minimum atomic E-state index is -0.366. The van der Waals surface area contributed by atoms with Crippen LogP contribution in [0.2, 0.25) is 0 Å². The number of hydrogen-bond acceptors (Lipinski definition) is 5. The number of hydrogen-bond donors (Lipinski definition) is 3. The summed E-state index contributed by atoms with van der Waals surface area (Å²) in [4.78, 5) is 24.7. The van der Waals surface area contributed by atoms with Gasteiger partial charge in [-0.2, -0.15) is 0 Å². The maximum Gasteiger partial charge on any atom is 0.257 e. The summed E-state index contributed by atoms with van der Waals surface area (Å²) in [5.74, 6) is 0.0562. The molecule has 2 aromatic carbocycles. The van der Waals surface area contributed by atoms with E-state index < -0.39 is 0 Å². The predicted molar refractivity (Wildman–Crippen MR) is 117 cm³/mol. The fourth-order valence-electron chi connectivity index (χ4n) is 2.40. The topological polar surface area (TPSA) is 88.7 Å². The van der Waals surface area contributed by atoms with E-state index in [4.69, 9.17) is 21.7 Å². The van der Waals surface area contributed by atoms with Crippen LogP contribution in [0.15, 0.2) is 48.5 Å². The van der Waals surface area contributed by atoms with Gasteiger partial charge in [-0.1, -0.05) is 12.1 Å². The summed E-state index contributed by atoms with van der Waals surface area (Å²) in [6, 6.07) is 13.6. The Labute approximate surface area is 175 Å². The van der Waals surface area contributed by atoms with Crippen molar-refractivity contribution in [2.75, 3.05) is 25.6 Å². The zero-order valence-corrected chi connectivity index (χ0v) is 17.5. The van der Waals surface area contributed by atoms with E-state index in [1.807, 2.05) is 13.8 Å². The number of ether oxygens (including phenoxy) is 2. The maximum absolute atomic E-state index is 12.4. The first-order valence-electron chi connectivity index (χ1n) is 9.14. The first-order chi connectivity index (χ1) is 13.9. The normalized spacial score (nSPS) is 10.3. The van der Waals surface area contributed by atoms with E-state index in [1.165, 1.54) is 0 Å². The number of amides is 2. The number of thiocarbonyl (C=S) groups is 1. The Hall–Kier alpha value is -2.97. The second-order valence-corrected chi connectivity index (χ2v) is 6.86. The van der Waals surface area contributed by atoms with E-state index in [1.54, 1.807) is 55.6 Å². The van der Waals surface area contributed by atoms with Gasteiger partial charge in [0.2, 0.25) is 0 Å². The van der Waals surface area contributed by atoms with Gasteiger partial charge in [0.25, 0.3) is 11.8 Å². The molecule has 0 aliphatic heterocycles. The third-order valence-corrected chi connectivity index (χ3v) is 3.94. The molecule has 0 radical (unpaired) electrons. The predicted octanol–water partition coefficient (Wildman–Crippen LogP) is 2.98. The molecule has 0 aliphatic rings. The van der Waals surface area contributed by atoms with Gasteiger partial charge < -0.3 is 20.1 Å². The molecule has 0 heterocycles. The number of methoxy groups -OCH3 is 1. The number of carbonyl (C=O) groups excluding carboxylic acids is 2. The number of para-hydroxylation sites is 1. The van der Waals surface area contributed by atoms with Crippen molar-refractivity contribution in [1.82, 2.24) is 10.6 Å². The number of benzene rings is 2. The molecule has 0 saturated heterocycles. The summed E-state index contributed by atoms with van der Waals surface area (Å²) in [6.07, 6.45) is 0. The minimum absolute atomic E-state index is 0.00339. The Morgan fingerprint density at radius 3 is 2.34 bits per heavy atom. The molecule has 0 unspecified atom stereocenters. The van der Waals surface area contributed by atoms with Crippen LogP contribution in [-0.2, 0) is 4.74 Å². The van der Waals surface area contributed by atoms with Crippen molar-refractivity contribution in [3.05, 3.63) is 59.7 Å². The lowest BCUT2D eigenvalue weighted by Crippen LogP contribution is -2.35. The summed E-state index contributed by atoms with van der Waals surface area (Å²) >= 11 is 5.23. The van der Waals surface area contributed by atoms with Crippen molar-refractivity contribution in [3.63, 3.8) is 0 Å². The van der Waals surface area contributed by atoms with Crippen molar-refractivity contribution >= 4 is 34.8 Å². The summed E-state index contributed by atoms with van der Waals surface area (Å²) < 4.78 is 10.4. The zero-order valence-electron chi connectivity index (χ0n) is 16.7. The van der Waals surface area contributed by atoms with E-state index in [2.05, 4.69) is 16.0 Å². The van der Waals surface area contributed by atoms with Gasteiger partial charge in [0.15, 0.2) is 5.11 Å². The Balaban J connectivity index is 1.97. The lowest BCUT2D eigenvalue weighted by Gasteiger charge is -2.15. The van der Waals surface area contributed by atoms with Crippen LogP contribution < -0.4 is 20.7 Å². The number of anilines is 1. The van der Waals surface area contributed by atoms with E-state index in [0.29, 0.717) is 35.8 Å². The Kier molecular flexibility index (Phi) is 8.57. The summed E-state index contributed by atoms with van der Waals surface area (Å²) in [7, 11) is 1.60. The highest BCUT2D eigenvalue weighted by molar-refractivity contribution is 7.80. The van der Waals surface area contributed by atoms with E-state index in [0.717, 1.165) is 0 Å². The molecule has 2 rings (SSSR count). The summed E-state index contributed by atoms with van der Waals surface area (Å²) in [5, 5.41) is 8.45. The molecule has 0 bridgehead atoms. The average Bonchev–Trinajstić information content (AvgIpc) is 2.68. The SMILES string of the molecule is COCCOc1ccc(C(=O)NC(=S)Nc2ccccc2C(=O)NC(C)C)cc1. The smallest absolute Gasteiger partial charge is 0.257 e. The van der Waals surface area contributed by atoms with Gasteiger partial charge in [0.05, 0.1) is 17.9 Å². The molecular weight excluding hydrogens is 390 g/mol. The van der Waals surface area contributed by atoms with Crippen LogP contribution in [0.1, 0.15) is 34.6 Å². The van der Waals surface area contributed by atoms with Crippen LogP contribution >= 0.6 is 12.2 Å². The highest BCUT2D eigenvalue weighted by Gasteiger charge is 2.14. The van der Waals surface area contributed by atoms with Crippen molar-refractivity contribution in [2.24, 2.45) is 0 Å². The fraction of sp³-hybridized carbons (Fsp3) is 0.286. The second-order valence-electron chi connectivity index (χ2n) is 6.45. The van der Waals surface area contributed by atoms with Crippen molar-refractivity contribution in [3.8, 4) is 5.75 Å². The van der Waals surface area contributed by atoms with Crippen LogP contribution in [0.3, 0.4) is 0 Å². The van der Waals surface area contributed by atoms with E-state index in [9.17, 15) is 9.59 Å². The minimum Gasteiger partial charge on any atom is -0.491 e. The molecule has 29 heavy (non-hydrogen) atoms. The van der Waals surface area contributed by atoms with Crippen molar-refractivity contribution < 1.29 is 19.1 Å². The number of carbonyl (C=O) groups is 2.